The van der Waals surface area contributed by atoms with Crippen molar-refractivity contribution in [2.45, 2.75) is 67.8 Å². The highest BCUT2D eigenvalue weighted by Crippen LogP contribution is 2.35. The van der Waals surface area contributed by atoms with E-state index in [0.29, 0.717) is 6.61 Å². The number of ether oxygens (including phenoxy) is 4. The van der Waals surface area contributed by atoms with Gasteiger partial charge in [-0.3, -0.25) is 4.79 Å². The summed E-state index contributed by atoms with van der Waals surface area (Å²) in [6.07, 6.45) is -3.33. The third kappa shape index (κ3) is 7.67. The Morgan fingerprint density at radius 1 is 0.912 bits per heavy atom. The number of esters is 1. The van der Waals surface area contributed by atoms with Crippen molar-refractivity contribution in [3.8, 4) is 0 Å². The van der Waals surface area contributed by atoms with Crippen LogP contribution in [0.5, 0.6) is 0 Å². The Kier molecular flexibility index (Phi) is 9.77. The monoisotopic (exact) mass is 527 g/mol. The summed E-state index contributed by atoms with van der Waals surface area (Å²) in [5, 5.41) is 8.17. The maximum absolute atomic E-state index is 12.0. The largest absolute Gasteiger partial charge is 0.457 e. The minimum atomic E-state index is -1.89. The number of alkyl halides is 3. The molecule has 0 amide bonds. The van der Waals surface area contributed by atoms with Crippen molar-refractivity contribution in [3.05, 3.63) is 71.8 Å². The van der Waals surface area contributed by atoms with Gasteiger partial charge in [0.05, 0.1) is 25.0 Å². The molecular weight excluding hydrogens is 501 g/mol. The summed E-state index contributed by atoms with van der Waals surface area (Å²) in [5.74, 6) is -0.510. The lowest BCUT2D eigenvalue weighted by Crippen LogP contribution is -2.60. The van der Waals surface area contributed by atoms with Crippen LogP contribution in [0, 0.1) is 5.41 Å². The standard InChI is InChI=1S/C25H28Cl3NO5/c1-16-22(31-14-18-9-5-3-6-10-18)24(32-15-19-11-7-4-8-12-19)23(34-17(2)30)20(33-16)13-21(29)25(26,27)28/h3-12,16,20,22-24,29H,13-15H2,1-2H3/t16?,20-,22-,23?,24+/m0/s1. The lowest BCUT2D eigenvalue weighted by Gasteiger charge is -2.45. The Morgan fingerprint density at radius 2 is 1.41 bits per heavy atom. The average molecular weight is 529 g/mol. The van der Waals surface area contributed by atoms with Crippen LogP contribution in [-0.2, 0) is 37.0 Å². The number of halogens is 3. The highest BCUT2D eigenvalue weighted by molar-refractivity contribution is 6.76. The van der Waals surface area contributed by atoms with Crippen LogP contribution in [-0.4, -0.2) is 46.0 Å². The minimum Gasteiger partial charge on any atom is -0.457 e. The Hall–Kier alpha value is -1.67. The van der Waals surface area contributed by atoms with Gasteiger partial charge in [-0.25, -0.2) is 0 Å². The summed E-state index contributed by atoms with van der Waals surface area (Å²) in [6, 6.07) is 19.4. The van der Waals surface area contributed by atoms with Crippen molar-refractivity contribution in [3.63, 3.8) is 0 Å². The molecule has 0 saturated carbocycles. The lowest BCUT2D eigenvalue weighted by molar-refractivity contribution is -0.253. The van der Waals surface area contributed by atoms with Gasteiger partial charge in [-0.15, -0.1) is 0 Å². The Labute approximate surface area is 214 Å². The summed E-state index contributed by atoms with van der Waals surface area (Å²) in [7, 11) is 0. The van der Waals surface area contributed by atoms with Crippen LogP contribution >= 0.6 is 34.8 Å². The van der Waals surface area contributed by atoms with Gasteiger partial charge in [0.2, 0.25) is 3.79 Å². The van der Waals surface area contributed by atoms with Crippen LogP contribution < -0.4 is 0 Å². The molecule has 1 heterocycles. The predicted molar refractivity (Wildman–Crippen MR) is 133 cm³/mol. The van der Waals surface area contributed by atoms with Gasteiger partial charge in [-0.05, 0) is 18.1 Å². The quantitative estimate of drug-likeness (QED) is 0.258. The van der Waals surface area contributed by atoms with Crippen LogP contribution in [0.1, 0.15) is 31.4 Å². The highest BCUT2D eigenvalue weighted by Gasteiger charge is 2.49. The first-order chi connectivity index (χ1) is 16.1. The molecule has 0 bridgehead atoms. The first kappa shape index (κ1) is 26.9. The predicted octanol–water partition coefficient (Wildman–Crippen LogP) is 5.66. The summed E-state index contributed by atoms with van der Waals surface area (Å²) >= 11 is 17.7. The van der Waals surface area contributed by atoms with Gasteiger partial charge < -0.3 is 24.4 Å². The van der Waals surface area contributed by atoms with E-state index in [4.69, 9.17) is 59.2 Å². The van der Waals surface area contributed by atoms with E-state index >= 15 is 0 Å². The van der Waals surface area contributed by atoms with Crippen molar-refractivity contribution in [2.75, 3.05) is 0 Å². The molecule has 3 rings (SSSR count). The van der Waals surface area contributed by atoms with E-state index in [1.165, 1.54) is 6.92 Å². The summed E-state index contributed by atoms with van der Waals surface area (Å²) in [5.41, 5.74) is 1.77. The number of carbonyl (C=O) groups excluding carboxylic acids is 1. The molecule has 1 fully saturated rings. The van der Waals surface area contributed by atoms with Gasteiger partial charge in [0.25, 0.3) is 0 Å². The van der Waals surface area contributed by atoms with Gasteiger partial charge in [-0.1, -0.05) is 95.5 Å². The third-order valence-corrected chi connectivity index (χ3v) is 6.17. The normalized spacial score (nSPS) is 25.0. The molecule has 2 aromatic carbocycles. The summed E-state index contributed by atoms with van der Waals surface area (Å²) < 4.78 is 22.5. The second-order valence-electron chi connectivity index (χ2n) is 8.16. The van der Waals surface area contributed by atoms with E-state index in [0.717, 1.165) is 11.1 Å². The molecule has 1 N–H and O–H groups in total. The van der Waals surface area contributed by atoms with E-state index in [1.807, 2.05) is 67.6 Å². The van der Waals surface area contributed by atoms with Gasteiger partial charge in [0.1, 0.15) is 18.3 Å². The first-order valence-electron chi connectivity index (χ1n) is 10.9. The number of benzene rings is 2. The molecule has 5 atom stereocenters. The number of hydrogen-bond donors (Lipinski definition) is 1. The van der Waals surface area contributed by atoms with Crippen LogP contribution in [0.3, 0.4) is 0 Å². The van der Waals surface area contributed by atoms with Crippen molar-refractivity contribution in [1.82, 2.24) is 0 Å². The molecule has 9 heteroatoms. The van der Waals surface area contributed by atoms with Gasteiger partial charge in [-0.2, -0.15) is 0 Å². The molecule has 184 valence electrons. The zero-order chi connectivity index (χ0) is 24.7. The molecule has 2 aromatic rings. The fraction of sp³-hybridized carbons (Fsp3) is 0.440. The fourth-order valence-electron chi connectivity index (χ4n) is 3.87. The maximum Gasteiger partial charge on any atom is 0.303 e. The van der Waals surface area contributed by atoms with Crippen molar-refractivity contribution >= 4 is 46.5 Å². The SMILES string of the molecule is CC(=O)OC1[C@H](CC(=N)C(Cl)(Cl)Cl)OC(C)[C@H](OCc2ccccc2)[C@H]1OCc1ccccc1. The van der Waals surface area contributed by atoms with Gasteiger partial charge in [0.15, 0.2) is 6.10 Å². The zero-order valence-electron chi connectivity index (χ0n) is 19.0. The summed E-state index contributed by atoms with van der Waals surface area (Å²) in [6.45, 7) is 3.76. The maximum atomic E-state index is 12.0. The average Bonchev–Trinajstić information content (AvgIpc) is 2.79. The lowest BCUT2D eigenvalue weighted by atomic mass is 9.92. The molecule has 1 saturated heterocycles. The molecule has 1 aliphatic rings. The van der Waals surface area contributed by atoms with E-state index in [2.05, 4.69) is 0 Å². The second-order valence-corrected chi connectivity index (χ2v) is 10.4. The molecule has 2 unspecified atom stereocenters. The van der Waals surface area contributed by atoms with Crippen molar-refractivity contribution < 1.29 is 23.7 Å². The van der Waals surface area contributed by atoms with Crippen LogP contribution in [0.15, 0.2) is 60.7 Å². The minimum absolute atomic E-state index is 0.0462. The Bertz CT molecular complexity index is 939. The molecular formula is C25H28Cl3NO5. The zero-order valence-corrected chi connectivity index (χ0v) is 21.2. The topological polar surface area (TPSA) is 77.8 Å². The molecule has 0 radical (unpaired) electrons. The van der Waals surface area contributed by atoms with E-state index in [1.54, 1.807) is 0 Å². The smallest absolute Gasteiger partial charge is 0.303 e. The van der Waals surface area contributed by atoms with E-state index in [-0.39, 0.29) is 18.7 Å². The third-order valence-electron chi connectivity index (χ3n) is 5.49. The molecule has 6 nitrogen and oxygen atoms in total. The molecule has 0 aliphatic carbocycles. The van der Waals surface area contributed by atoms with E-state index in [9.17, 15) is 4.79 Å². The number of hydrogen-bond acceptors (Lipinski definition) is 6. The number of carbonyl (C=O) groups is 1. The van der Waals surface area contributed by atoms with Gasteiger partial charge in [0, 0.05) is 13.3 Å². The summed E-state index contributed by atoms with van der Waals surface area (Å²) in [4.78, 5) is 12.0. The number of nitrogens with one attached hydrogen (secondary N) is 1. The molecule has 34 heavy (non-hydrogen) atoms. The number of rotatable bonds is 9. The van der Waals surface area contributed by atoms with Crippen molar-refractivity contribution in [2.24, 2.45) is 0 Å². The van der Waals surface area contributed by atoms with Crippen LogP contribution in [0.4, 0.5) is 0 Å². The second kappa shape index (κ2) is 12.3. The molecule has 0 aromatic heterocycles. The first-order valence-corrected chi connectivity index (χ1v) is 12.1. The van der Waals surface area contributed by atoms with E-state index < -0.39 is 40.3 Å². The highest BCUT2D eigenvalue weighted by atomic mass is 35.6. The Morgan fingerprint density at radius 3 is 1.88 bits per heavy atom. The Balaban J connectivity index is 1.86. The van der Waals surface area contributed by atoms with Crippen molar-refractivity contribution in [1.29, 1.82) is 5.41 Å². The fourth-order valence-corrected chi connectivity index (χ4v) is 4.10. The van der Waals surface area contributed by atoms with Gasteiger partial charge >= 0.3 is 5.97 Å². The van der Waals surface area contributed by atoms with Crippen LogP contribution in [0.25, 0.3) is 0 Å². The molecule has 0 spiro atoms. The van der Waals surface area contributed by atoms with Crippen LogP contribution in [0.2, 0.25) is 0 Å². The molecule has 1 aliphatic heterocycles.